The SMILES string of the molecule is COc1ccc(OC)c([C@H](CNc2oc(-c3ccc(OCc4ccccc4Cl)cc3)nc2C#N)N2CCCCC2)c1. The maximum absolute atomic E-state index is 9.81. The van der Waals surface area contributed by atoms with Crippen LogP contribution >= 0.6 is 11.6 Å². The Kier molecular flexibility index (Phi) is 9.29. The number of nitrogens with one attached hydrogen (secondary N) is 1. The lowest BCUT2D eigenvalue weighted by Crippen LogP contribution is -2.37. The molecular weight excluding hydrogens is 540 g/mol. The fraction of sp³-hybridized carbons (Fsp3) is 0.312. The van der Waals surface area contributed by atoms with Crippen molar-refractivity contribution in [3.05, 3.63) is 88.6 Å². The number of ether oxygens (including phenoxy) is 3. The van der Waals surface area contributed by atoms with E-state index in [1.165, 1.54) is 6.42 Å². The number of piperidine rings is 1. The Hall–Kier alpha value is -4.19. The second-order valence-electron chi connectivity index (χ2n) is 9.81. The molecule has 8 nitrogen and oxygen atoms in total. The molecule has 212 valence electrons. The summed E-state index contributed by atoms with van der Waals surface area (Å²) in [5.41, 5.74) is 2.87. The van der Waals surface area contributed by atoms with Crippen molar-refractivity contribution >= 4 is 17.5 Å². The number of halogens is 1. The van der Waals surface area contributed by atoms with Gasteiger partial charge in [-0.05, 0) is 74.5 Å². The summed E-state index contributed by atoms with van der Waals surface area (Å²) in [6, 6.07) is 23.0. The fourth-order valence-corrected chi connectivity index (χ4v) is 5.25. The summed E-state index contributed by atoms with van der Waals surface area (Å²) < 4.78 is 23.2. The number of anilines is 1. The van der Waals surface area contributed by atoms with E-state index in [0.717, 1.165) is 54.1 Å². The molecule has 0 radical (unpaired) electrons. The first kappa shape index (κ1) is 28.3. The van der Waals surface area contributed by atoms with Crippen molar-refractivity contribution in [1.29, 1.82) is 5.26 Å². The van der Waals surface area contributed by atoms with Crippen LogP contribution in [0.4, 0.5) is 5.88 Å². The molecule has 1 atom stereocenters. The van der Waals surface area contributed by atoms with Crippen LogP contribution in [0.15, 0.2) is 71.1 Å². The molecule has 9 heteroatoms. The molecule has 0 saturated carbocycles. The molecule has 2 heterocycles. The zero-order valence-corrected chi connectivity index (χ0v) is 24.0. The quantitative estimate of drug-likeness (QED) is 0.203. The number of hydrogen-bond donors (Lipinski definition) is 1. The average molecular weight is 573 g/mol. The van der Waals surface area contributed by atoms with Crippen LogP contribution in [0, 0.1) is 11.3 Å². The Bertz CT molecular complexity index is 1490. The molecule has 1 aromatic heterocycles. The Morgan fingerprint density at radius 3 is 2.46 bits per heavy atom. The maximum Gasteiger partial charge on any atom is 0.232 e. The van der Waals surface area contributed by atoms with Crippen molar-refractivity contribution in [3.8, 4) is 34.8 Å². The van der Waals surface area contributed by atoms with Gasteiger partial charge in [0.2, 0.25) is 17.5 Å². The van der Waals surface area contributed by atoms with Gasteiger partial charge in [0.05, 0.1) is 20.3 Å². The van der Waals surface area contributed by atoms with Crippen LogP contribution in [0.1, 0.15) is 42.1 Å². The normalized spacial score (nSPS) is 14.2. The number of likely N-dealkylation sites (tertiary alicyclic amines) is 1. The first-order valence-corrected chi connectivity index (χ1v) is 14.0. The lowest BCUT2D eigenvalue weighted by Gasteiger charge is -2.35. The molecule has 0 amide bonds. The summed E-state index contributed by atoms with van der Waals surface area (Å²) in [7, 11) is 3.34. The molecule has 1 saturated heterocycles. The van der Waals surface area contributed by atoms with Gasteiger partial charge in [-0.15, -0.1) is 0 Å². The predicted octanol–water partition coefficient (Wildman–Crippen LogP) is 7.10. The second kappa shape index (κ2) is 13.4. The van der Waals surface area contributed by atoms with Gasteiger partial charge in [0, 0.05) is 28.3 Å². The fourth-order valence-electron chi connectivity index (χ4n) is 5.06. The number of rotatable bonds is 11. The molecule has 41 heavy (non-hydrogen) atoms. The van der Waals surface area contributed by atoms with Gasteiger partial charge in [0.15, 0.2) is 0 Å². The van der Waals surface area contributed by atoms with Crippen LogP contribution < -0.4 is 19.5 Å². The van der Waals surface area contributed by atoms with E-state index in [1.807, 2.05) is 66.7 Å². The number of aromatic nitrogens is 1. The van der Waals surface area contributed by atoms with E-state index in [-0.39, 0.29) is 11.7 Å². The standard InChI is InChI=1S/C32H33ClN4O4/c1-38-25-14-15-30(39-2)26(18-25)29(37-16-6-3-7-17-37)20-35-32-28(19-34)36-31(41-32)22-10-12-24(13-11-22)40-21-23-8-4-5-9-27(23)33/h4-5,8-15,18,29,35H,3,6-7,16-17,20-21H2,1-2H3/t29-/m0/s1. The second-order valence-corrected chi connectivity index (χ2v) is 10.2. The molecule has 4 aromatic rings. The third kappa shape index (κ3) is 6.76. The molecule has 3 aromatic carbocycles. The largest absolute Gasteiger partial charge is 0.497 e. The van der Waals surface area contributed by atoms with Crippen LogP contribution in [0.5, 0.6) is 17.2 Å². The highest BCUT2D eigenvalue weighted by Gasteiger charge is 2.27. The molecule has 1 N–H and O–H groups in total. The predicted molar refractivity (Wildman–Crippen MR) is 159 cm³/mol. The van der Waals surface area contributed by atoms with E-state index in [1.54, 1.807) is 14.2 Å². The molecule has 0 spiro atoms. The van der Waals surface area contributed by atoms with Crippen LogP contribution in [0.3, 0.4) is 0 Å². The van der Waals surface area contributed by atoms with Gasteiger partial charge in [0.25, 0.3) is 0 Å². The number of methoxy groups -OCH3 is 2. The van der Waals surface area contributed by atoms with Crippen molar-refractivity contribution in [2.24, 2.45) is 0 Å². The Balaban J connectivity index is 1.33. The molecule has 0 unspecified atom stereocenters. The van der Waals surface area contributed by atoms with E-state index in [4.69, 9.17) is 30.2 Å². The Morgan fingerprint density at radius 1 is 1.00 bits per heavy atom. The summed E-state index contributed by atoms with van der Waals surface area (Å²) in [5.74, 6) is 2.94. The van der Waals surface area contributed by atoms with Crippen molar-refractivity contribution in [1.82, 2.24) is 9.88 Å². The van der Waals surface area contributed by atoms with E-state index in [2.05, 4.69) is 21.3 Å². The lowest BCUT2D eigenvalue weighted by molar-refractivity contribution is 0.167. The van der Waals surface area contributed by atoms with E-state index in [0.29, 0.717) is 35.7 Å². The Morgan fingerprint density at radius 2 is 1.76 bits per heavy atom. The highest BCUT2D eigenvalue weighted by molar-refractivity contribution is 6.31. The molecule has 1 aliphatic rings. The monoisotopic (exact) mass is 572 g/mol. The molecule has 1 aliphatic heterocycles. The van der Waals surface area contributed by atoms with E-state index >= 15 is 0 Å². The molecule has 1 fully saturated rings. The van der Waals surface area contributed by atoms with Gasteiger partial charge < -0.3 is 23.9 Å². The zero-order chi connectivity index (χ0) is 28.6. The van der Waals surface area contributed by atoms with Crippen LogP contribution in [0.25, 0.3) is 11.5 Å². The van der Waals surface area contributed by atoms with Gasteiger partial charge in [-0.2, -0.15) is 10.2 Å². The zero-order valence-electron chi connectivity index (χ0n) is 23.2. The lowest BCUT2D eigenvalue weighted by atomic mass is 10.00. The van der Waals surface area contributed by atoms with Crippen LogP contribution in [-0.4, -0.2) is 43.7 Å². The number of oxazole rings is 1. The van der Waals surface area contributed by atoms with Crippen molar-refractivity contribution in [3.63, 3.8) is 0 Å². The van der Waals surface area contributed by atoms with Gasteiger partial charge in [-0.25, -0.2) is 0 Å². The minimum atomic E-state index is -0.0185. The maximum atomic E-state index is 9.81. The summed E-state index contributed by atoms with van der Waals surface area (Å²) in [6.45, 7) is 2.82. The summed E-state index contributed by atoms with van der Waals surface area (Å²) in [6.07, 6.45) is 3.49. The van der Waals surface area contributed by atoms with Crippen molar-refractivity contribution in [2.45, 2.75) is 31.9 Å². The van der Waals surface area contributed by atoms with Crippen LogP contribution in [0.2, 0.25) is 5.02 Å². The highest BCUT2D eigenvalue weighted by Crippen LogP contribution is 2.35. The number of hydrogen-bond acceptors (Lipinski definition) is 8. The van der Waals surface area contributed by atoms with Gasteiger partial charge in [-0.1, -0.05) is 36.2 Å². The average Bonchev–Trinajstić information content (AvgIpc) is 3.44. The first-order valence-electron chi connectivity index (χ1n) is 13.7. The molecule has 5 rings (SSSR count). The molecular formula is C32H33ClN4O4. The minimum absolute atomic E-state index is 0.0185. The number of benzene rings is 3. The third-order valence-electron chi connectivity index (χ3n) is 7.27. The highest BCUT2D eigenvalue weighted by atomic mass is 35.5. The van der Waals surface area contributed by atoms with Gasteiger partial charge >= 0.3 is 0 Å². The van der Waals surface area contributed by atoms with E-state index in [9.17, 15) is 5.26 Å². The summed E-state index contributed by atoms with van der Waals surface area (Å²) in [5, 5.41) is 13.8. The van der Waals surface area contributed by atoms with Gasteiger partial charge in [0.1, 0.15) is 29.9 Å². The number of nitriles is 1. The number of nitrogens with zero attached hydrogens (tertiary/aromatic N) is 3. The molecule has 0 bridgehead atoms. The Labute approximate surface area is 245 Å². The van der Waals surface area contributed by atoms with Crippen LogP contribution in [-0.2, 0) is 6.61 Å². The smallest absolute Gasteiger partial charge is 0.232 e. The summed E-state index contributed by atoms with van der Waals surface area (Å²) >= 11 is 6.23. The molecule has 0 aliphatic carbocycles. The van der Waals surface area contributed by atoms with Crippen molar-refractivity contribution < 1.29 is 18.6 Å². The first-order chi connectivity index (χ1) is 20.1. The third-order valence-corrected chi connectivity index (χ3v) is 7.64. The van der Waals surface area contributed by atoms with Gasteiger partial charge in [-0.3, -0.25) is 4.90 Å². The topological polar surface area (TPSA) is 92.8 Å². The minimum Gasteiger partial charge on any atom is -0.497 e. The summed E-state index contributed by atoms with van der Waals surface area (Å²) in [4.78, 5) is 6.89. The van der Waals surface area contributed by atoms with E-state index < -0.39 is 0 Å². The van der Waals surface area contributed by atoms with Crippen molar-refractivity contribution in [2.75, 3.05) is 39.2 Å².